The summed E-state index contributed by atoms with van der Waals surface area (Å²) in [6, 6.07) is 12.2. The second kappa shape index (κ2) is 8.87. The number of guanidine groups is 1. The smallest absolute Gasteiger partial charge is 0.225 e. The number of carbonyl (C=O) groups is 1. The van der Waals surface area contributed by atoms with Gasteiger partial charge in [0, 0.05) is 32.1 Å². The zero-order valence-corrected chi connectivity index (χ0v) is 18.3. The molecule has 8 heteroatoms. The Bertz CT molecular complexity index is 1020. The number of furan rings is 1. The zero-order chi connectivity index (χ0) is 21.1. The van der Waals surface area contributed by atoms with Crippen molar-refractivity contribution in [1.82, 2.24) is 20.5 Å². The number of rotatable bonds is 5. The molecule has 1 aliphatic rings. The highest BCUT2D eigenvalue weighted by atomic mass is 32.1. The van der Waals surface area contributed by atoms with Gasteiger partial charge < -0.3 is 20.0 Å². The standard InChI is InChI=1S/C22H27N5O2S/c1-14(2)21(28)27-11-10-15(13-27)25-22(23-3)24-12-16-8-9-18(29-16)20-26-17-6-4-5-7-19(17)30-20/h4-9,14-15H,10-13H2,1-3H3,(H2,23,24,25). The first-order valence-electron chi connectivity index (χ1n) is 10.2. The number of hydrogen-bond acceptors (Lipinski definition) is 5. The van der Waals surface area contributed by atoms with Gasteiger partial charge in [0.2, 0.25) is 5.91 Å². The van der Waals surface area contributed by atoms with Gasteiger partial charge >= 0.3 is 0 Å². The summed E-state index contributed by atoms with van der Waals surface area (Å²) in [5.41, 5.74) is 0.986. The molecule has 2 aromatic heterocycles. The van der Waals surface area contributed by atoms with Crippen LogP contribution in [0.5, 0.6) is 0 Å². The van der Waals surface area contributed by atoms with Gasteiger partial charge in [-0.25, -0.2) is 4.98 Å². The lowest BCUT2D eigenvalue weighted by Crippen LogP contribution is -2.45. The Morgan fingerprint density at radius 1 is 1.33 bits per heavy atom. The molecule has 1 fully saturated rings. The number of thiazole rings is 1. The largest absolute Gasteiger partial charge is 0.457 e. The molecule has 1 atom stereocenters. The van der Waals surface area contributed by atoms with Gasteiger partial charge in [0.05, 0.1) is 16.8 Å². The van der Waals surface area contributed by atoms with Crippen LogP contribution in [0.15, 0.2) is 45.8 Å². The molecule has 1 aromatic carbocycles. The summed E-state index contributed by atoms with van der Waals surface area (Å²) >= 11 is 1.62. The van der Waals surface area contributed by atoms with Crippen molar-refractivity contribution in [2.45, 2.75) is 32.9 Å². The Kier molecular flexibility index (Phi) is 6.03. The summed E-state index contributed by atoms with van der Waals surface area (Å²) in [6.07, 6.45) is 0.918. The number of aliphatic imine (C=N–C) groups is 1. The third-order valence-corrected chi connectivity index (χ3v) is 6.21. The van der Waals surface area contributed by atoms with Gasteiger partial charge in [-0.1, -0.05) is 26.0 Å². The molecule has 1 unspecified atom stereocenters. The average Bonchev–Trinajstić information content (AvgIpc) is 3.49. The van der Waals surface area contributed by atoms with E-state index in [1.54, 1.807) is 18.4 Å². The van der Waals surface area contributed by atoms with Crippen LogP contribution in [0.25, 0.3) is 21.0 Å². The lowest BCUT2D eigenvalue weighted by atomic mass is 10.2. The van der Waals surface area contributed by atoms with E-state index in [4.69, 9.17) is 4.42 Å². The predicted octanol–water partition coefficient (Wildman–Crippen LogP) is 3.48. The fourth-order valence-electron chi connectivity index (χ4n) is 3.57. The van der Waals surface area contributed by atoms with Gasteiger partial charge in [0.1, 0.15) is 5.76 Å². The van der Waals surface area contributed by atoms with E-state index in [-0.39, 0.29) is 17.9 Å². The summed E-state index contributed by atoms with van der Waals surface area (Å²) in [6.45, 7) is 5.90. The Hall–Kier alpha value is -2.87. The van der Waals surface area contributed by atoms with Crippen molar-refractivity contribution in [2.24, 2.45) is 10.9 Å². The second-order valence-electron chi connectivity index (χ2n) is 7.75. The number of nitrogens with one attached hydrogen (secondary N) is 2. The van der Waals surface area contributed by atoms with Crippen molar-refractivity contribution < 1.29 is 9.21 Å². The minimum absolute atomic E-state index is 0.0322. The van der Waals surface area contributed by atoms with Gasteiger partial charge in [0.25, 0.3) is 0 Å². The Morgan fingerprint density at radius 3 is 2.93 bits per heavy atom. The van der Waals surface area contributed by atoms with Crippen molar-refractivity contribution in [3.05, 3.63) is 42.2 Å². The molecule has 7 nitrogen and oxygen atoms in total. The summed E-state index contributed by atoms with van der Waals surface area (Å²) in [5, 5.41) is 7.58. The van der Waals surface area contributed by atoms with Crippen LogP contribution in [0.4, 0.5) is 0 Å². The van der Waals surface area contributed by atoms with E-state index in [2.05, 4.69) is 26.7 Å². The van der Waals surface area contributed by atoms with Crippen LogP contribution >= 0.6 is 11.3 Å². The summed E-state index contributed by atoms with van der Waals surface area (Å²) in [4.78, 5) is 23.0. The van der Waals surface area contributed by atoms with Crippen LogP contribution in [-0.2, 0) is 11.3 Å². The molecule has 0 aliphatic carbocycles. The first-order chi connectivity index (χ1) is 14.5. The molecule has 158 valence electrons. The molecule has 30 heavy (non-hydrogen) atoms. The minimum atomic E-state index is 0.0322. The monoisotopic (exact) mass is 425 g/mol. The first kappa shape index (κ1) is 20.4. The van der Waals surface area contributed by atoms with E-state index in [1.165, 1.54) is 0 Å². The molecular formula is C22H27N5O2S. The van der Waals surface area contributed by atoms with E-state index in [0.29, 0.717) is 19.0 Å². The van der Waals surface area contributed by atoms with Gasteiger partial charge in [-0.2, -0.15) is 0 Å². The fraction of sp³-hybridized carbons (Fsp3) is 0.409. The van der Waals surface area contributed by atoms with E-state index in [0.717, 1.165) is 39.7 Å². The first-order valence-corrected chi connectivity index (χ1v) is 11.1. The fourth-order valence-corrected chi connectivity index (χ4v) is 4.50. The number of likely N-dealkylation sites (tertiary alicyclic amines) is 1. The lowest BCUT2D eigenvalue weighted by Gasteiger charge is -2.20. The van der Waals surface area contributed by atoms with Crippen molar-refractivity contribution in [1.29, 1.82) is 0 Å². The highest BCUT2D eigenvalue weighted by molar-refractivity contribution is 7.21. The Morgan fingerprint density at radius 2 is 2.17 bits per heavy atom. The molecule has 1 aliphatic heterocycles. The number of fused-ring (bicyclic) bond motifs is 1. The second-order valence-corrected chi connectivity index (χ2v) is 8.78. The summed E-state index contributed by atoms with van der Waals surface area (Å²) in [5.74, 6) is 2.53. The van der Waals surface area contributed by atoms with Gasteiger partial charge in [0.15, 0.2) is 16.7 Å². The SMILES string of the molecule is CN=C(NCc1ccc(-c2nc3ccccc3s2)o1)NC1CCN(C(=O)C(C)C)C1. The highest BCUT2D eigenvalue weighted by Crippen LogP contribution is 2.31. The molecule has 1 saturated heterocycles. The Labute approximate surface area is 180 Å². The number of amides is 1. The maximum absolute atomic E-state index is 12.2. The molecule has 3 heterocycles. The van der Waals surface area contributed by atoms with Crippen LogP contribution in [-0.4, -0.2) is 47.9 Å². The molecular weight excluding hydrogens is 398 g/mol. The van der Waals surface area contributed by atoms with Gasteiger partial charge in [-0.3, -0.25) is 9.79 Å². The van der Waals surface area contributed by atoms with Crippen molar-refractivity contribution in [2.75, 3.05) is 20.1 Å². The van der Waals surface area contributed by atoms with Gasteiger partial charge in [-0.05, 0) is 30.7 Å². The third kappa shape index (κ3) is 4.48. The lowest BCUT2D eigenvalue weighted by molar-refractivity contribution is -0.133. The highest BCUT2D eigenvalue weighted by Gasteiger charge is 2.28. The van der Waals surface area contributed by atoms with Crippen LogP contribution in [0.3, 0.4) is 0 Å². The van der Waals surface area contributed by atoms with Crippen LogP contribution in [0, 0.1) is 5.92 Å². The summed E-state index contributed by atoms with van der Waals surface area (Å²) in [7, 11) is 1.75. The molecule has 4 rings (SSSR count). The predicted molar refractivity (Wildman–Crippen MR) is 120 cm³/mol. The molecule has 1 amide bonds. The average molecular weight is 426 g/mol. The van der Waals surface area contributed by atoms with Crippen molar-refractivity contribution >= 4 is 33.4 Å². The number of nitrogens with zero attached hydrogens (tertiary/aromatic N) is 3. The topological polar surface area (TPSA) is 82.8 Å². The Balaban J connectivity index is 1.32. The van der Waals surface area contributed by atoms with E-state index >= 15 is 0 Å². The third-order valence-electron chi connectivity index (χ3n) is 5.15. The number of hydrogen-bond donors (Lipinski definition) is 2. The van der Waals surface area contributed by atoms with Crippen LogP contribution in [0.1, 0.15) is 26.0 Å². The van der Waals surface area contributed by atoms with Crippen LogP contribution in [0.2, 0.25) is 0 Å². The molecule has 2 N–H and O–H groups in total. The summed E-state index contributed by atoms with van der Waals surface area (Å²) < 4.78 is 7.14. The molecule has 0 radical (unpaired) electrons. The van der Waals surface area contributed by atoms with Crippen molar-refractivity contribution in [3.8, 4) is 10.8 Å². The van der Waals surface area contributed by atoms with E-state index in [1.807, 2.05) is 49.1 Å². The normalized spacial score (nSPS) is 17.1. The maximum Gasteiger partial charge on any atom is 0.225 e. The van der Waals surface area contributed by atoms with E-state index < -0.39 is 0 Å². The number of benzene rings is 1. The minimum Gasteiger partial charge on any atom is -0.457 e. The molecule has 3 aromatic rings. The van der Waals surface area contributed by atoms with Crippen molar-refractivity contribution in [3.63, 3.8) is 0 Å². The van der Waals surface area contributed by atoms with Crippen LogP contribution < -0.4 is 10.6 Å². The number of aromatic nitrogens is 1. The molecule has 0 spiro atoms. The maximum atomic E-state index is 12.2. The number of carbonyl (C=O) groups excluding carboxylic acids is 1. The number of para-hydroxylation sites is 1. The van der Waals surface area contributed by atoms with E-state index in [9.17, 15) is 4.79 Å². The molecule has 0 saturated carbocycles. The molecule has 0 bridgehead atoms. The van der Waals surface area contributed by atoms with Gasteiger partial charge in [-0.15, -0.1) is 11.3 Å². The zero-order valence-electron chi connectivity index (χ0n) is 17.5. The quantitative estimate of drug-likeness (QED) is 0.483.